The molecule has 0 saturated carbocycles. The summed E-state index contributed by atoms with van der Waals surface area (Å²) >= 11 is 6.21. The van der Waals surface area contributed by atoms with E-state index in [4.69, 9.17) is 25.8 Å². The number of rotatable bonds is 6. The number of carbonyl (C=O) groups is 2. The fourth-order valence-electron chi connectivity index (χ4n) is 3.09. The molecule has 1 N–H and O–H groups in total. The molecular formula is C20H21ClN2O5. The van der Waals surface area contributed by atoms with Gasteiger partial charge in [-0.1, -0.05) is 11.6 Å². The van der Waals surface area contributed by atoms with E-state index in [0.29, 0.717) is 33.6 Å². The Bertz CT molecular complexity index is 885. The van der Waals surface area contributed by atoms with Crippen molar-refractivity contribution in [3.63, 3.8) is 0 Å². The van der Waals surface area contributed by atoms with Gasteiger partial charge < -0.3 is 24.4 Å². The molecule has 1 saturated heterocycles. The molecule has 8 heteroatoms. The van der Waals surface area contributed by atoms with E-state index in [9.17, 15) is 9.59 Å². The Hall–Kier alpha value is -2.93. The predicted octanol–water partition coefficient (Wildman–Crippen LogP) is 3.36. The molecule has 1 fully saturated rings. The Morgan fingerprint density at radius 3 is 2.36 bits per heavy atom. The molecule has 1 atom stereocenters. The summed E-state index contributed by atoms with van der Waals surface area (Å²) in [7, 11) is 4.58. The number of halogens is 1. The minimum Gasteiger partial charge on any atom is -0.497 e. The van der Waals surface area contributed by atoms with Gasteiger partial charge in [0, 0.05) is 24.7 Å². The fourth-order valence-corrected chi connectivity index (χ4v) is 3.32. The molecule has 28 heavy (non-hydrogen) atoms. The smallest absolute Gasteiger partial charge is 0.229 e. The molecule has 0 aromatic heterocycles. The highest BCUT2D eigenvalue weighted by Crippen LogP contribution is 2.40. The van der Waals surface area contributed by atoms with Crippen LogP contribution in [0.15, 0.2) is 36.4 Å². The number of ether oxygens (including phenoxy) is 3. The third-order valence-electron chi connectivity index (χ3n) is 4.60. The van der Waals surface area contributed by atoms with Crippen molar-refractivity contribution in [2.45, 2.75) is 6.42 Å². The molecule has 2 amide bonds. The second kappa shape index (κ2) is 8.39. The Kier molecular flexibility index (Phi) is 5.94. The van der Waals surface area contributed by atoms with Gasteiger partial charge >= 0.3 is 0 Å². The molecule has 0 bridgehead atoms. The Balaban J connectivity index is 1.76. The van der Waals surface area contributed by atoms with Crippen LogP contribution in [-0.4, -0.2) is 39.7 Å². The molecule has 2 aromatic rings. The number of amides is 2. The third-order valence-corrected chi connectivity index (χ3v) is 4.89. The van der Waals surface area contributed by atoms with Crippen molar-refractivity contribution in [2.75, 3.05) is 38.1 Å². The number of carbonyl (C=O) groups excluding carboxylic acids is 2. The largest absolute Gasteiger partial charge is 0.497 e. The standard InChI is InChI=1S/C20H21ClN2O5/c1-26-14-6-4-13(5-7-14)22-20(25)12-8-19(24)23(11-12)16-9-15(21)17(27-2)10-18(16)28-3/h4-7,9-10,12H,8,11H2,1-3H3,(H,22,25)/t12-/m1/s1. The Labute approximate surface area is 168 Å². The van der Waals surface area contributed by atoms with E-state index in [-0.39, 0.29) is 24.8 Å². The van der Waals surface area contributed by atoms with Crippen LogP contribution in [0.3, 0.4) is 0 Å². The van der Waals surface area contributed by atoms with Gasteiger partial charge in [-0.25, -0.2) is 0 Å². The molecule has 0 aliphatic carbocycles. The van der Waals surface area contributed by atoms with E-state index in [0.717, 1.165) is 0 Å². The summed E-state index contributed by atoms with van der Waals surface area (Å²) in [4.78, 5) is 26.7. The van der Waals surface area contributed by atoms with E-state index in [2.05, 4.69) is 5.32 Å². The van der Waals surface area contributed by atoms with Crippen LogP contribution >= 0.6 is 11.6 Å². The normalized spacial score (nSPS) is 16.1. The molecule has 7 nitrogen and oxygen atoms in total. The molecule has 3 rings (SSSR count). The lowest BCUT2D eigenvalue weighted by molar-refractivity contribution is -0.122. The van der Waals surface area contributed by atoms with Gasteiger partial charge in [-0.15, -0.1) is 0 Å². The van der Waals surface area contributed by atoms with Crippen molar-refractivity contribution in [1.82, 2.24) is 0 Å². The van der Waals surface area contributed by atoms with Gasteiger partial charge in [0.05, 0.1) is 38.0 Å². The van der Waals surface area contributed by atoms with Gasteiger partial charge in [0.2, 0.25) is 11.8 Å². The van der Waals surface area contributed by atoms with Crippen molar-refractivity contribution in [2.24, 2.45) is 5.92 Å². The van der Waals surface area contributed by atoms with E-state index >= 15 is 0 Å². The second-order valence-corrected chi connectivity index (χ2v) is 6.69. The lowest BCUT2D eigenvalue weighted by Gasteiger charge is -2.21. The molecule has 0 spiro atoms. The third kappa shape index (κ3) is 3.99. The SMILES string of the molecule is COc1ccc(NC(=O)[C@@H]2CC(=O)N(c3cc(Cl)c(OC)cc3OC)C2)cc1. The molecule has 1 aliphatic heterocycles. The maximum Gasteiger partial charge on any atom is 0.229 e. The number of nitrogens with zero attached hydrogens (tertiary/aromatic N) is 1. The van der Waals surface area contributed by atoms with Gasteiger partial charge in [-0.3, -0.25) is 9.59 Å². The van der Waals surface area contributed by atoms with Gasteiger partial charge in [0.1, 0.15) is 17.2 Å². The van der Waals surface area contributed by atoms with Crippen LogP contribution < -0.4 is 24.4 Å². The summed E-state index contributed by atoms with van der Waals surface area (Å²) in [5.41, 5.74) is 1.15. The maximum absolute atomic E-state index is 12.6. The lowest BCUT2D eigenvalue weighted by Crippen LogP contribution is -2.28. The molecule has 0 unspecified atom stereocenters. The summed E-state index contributed by atoms with van der Waals surface area (Å²) in [6.07, 6.45) is 0.106. The van der Waals surface area contributed by atoms with Gasteiger partial charge in [0.15, 0.2) is 0 Å². The average Bonchev–Trinajstić information content (AvgIpc) is 3.10. The van der Waals surface area contributed by atoms with E-state index in [1.165, 1.54) is 19.1 Å². The van der Waals surface area contributed by atoms with Crippen LogP contribution in [0.2, 0.25) is 5.02 Å². The molecule has 1 heterocycles. The lowest BCUT2D eigenvalue weighted by atomic mass is 10.1. The number of methoxy groups -OCH3 is 3. The molecule has 0 radical (unpaired) electrons. The van der Waals surface area contributed by atoms with Gasteiger partial charge in [-0.2, -0.15) is 0 Å². The first-order chi connectivity index (χ1) is 13.5. The highest BCUT2D eigenvalue weighted by Gasteiger charge is 2.36. The van der Waals surface area contributed by atoms with Crippen LogP contribution in [0, 0.1) is 5.92 Å². The van der Waals surface area contributed by atoms with Crippen molar-refractivity contribution in [3.8, 4) is 17.2 Å². The highest BCUT2D eigenvalue weighted by atomic mass is 35.5. The van der Waals surface area contributed by atoms with E-state index in [1.807, 2.05) is 0 Å². The van der Waals surface area contributed by atoms with Crippen LogP contribution in [0.4, 0.5) is 11.4 Å². The number of hydrogen-bond donors (Lipinski definition) is 1. The Morgan fingerprint density at radius 1 is 1.07 bits per heavy atom. The number of nitrogens with one attached hydrogen (secondary N) is 1. The van der Waals surface area contributed by atoms with Crippen LogP contribution in [-0.2, 0) is 9.59 Å². The highest BCUT2D eigenvalue weighted by molar-refractivity contribution is 6.32. The summed E-state index contributed by atoms with van der Waals surface area (Å²) < 4.78 is 15.7. The zero-order valence-corrected chi connectivity index (χ0v) is 16.6. The van der Waals surface area contributed by atoms with Crippen molar-refractivity contribution >= 4 is 34.8 Å². The topological polar surface area (TPSA) is 77.1 Å². The van der Waals surface area contributed by atoms with Crippen LogP contribution in [0.1, 0.15) is 6.42 Å². The second-order valence-electron chi connectivity index (χ2n) is 6.28. The zero-order chi connectivity index (χ0) is 20.3. The first-order valence-corrected chi connectivity index (χ1v) is 9.01. The first-order valence-electron chi connectivity index (χ1n) is 8.63. The molecular weight excluding hydrogens is 384 g/mol. The fraction of sp³-hybridized carbons (Fsp3) is 0.300. The minimum absolute atomic E-state index is 0.106. The van der Waals surface area contributed by atoms with E-state index in [1.54, 1.807) is 43.5 Å². The zero-order valence-electron chi connectivity index (χ0n) is 15.8. The average molecular weight is 405 g/mol. The van der Waals surface area contributed by atoms with E-state index < -0.39 is 5.92 Å². The molecule has 148 valence electrons. The van der Waals surface area contributed by atoms with Gasteiger partial charge in [0.25, 0.3) is 0 Å². The van der Waals surface area contributed by atoms with Crippen molar-refractivity contribution in [3.05, 3.63) is 41.4 Å². The maximum atomic E-state index is 12.6. The van der Waals surface area contributed by atoms with Crippen LogP contribution in [0.5, 0.6) is 17.2 Å². The van der Waals surface area contributed by atoms with Crippen LogP contribution in [0.25, 0.3) is 0 Å². The first kappa shape index (κ1) is 19.8. The molecule has 1 aliphatic rings. The van der Waals surface area contributed by atoms with Crippen molar-refractivity contribution in [1.29, 1.82) is 0 Å². The number of hydrogen-bond acceptors (Lipinski definition) is 5. The monoisotopic (exact) mass is 404 g/mol. The minimum atomic E-state index is -0.486. The van der Waals surface area contributed by atoms with Crippen molar-refractivity contribution < 1.29 is 23.8 Å². The summed E-state index contributed by atoms with van der Waals surface area (Å²) in [5.74, 6) is 0.714. The number of anilines is 2. The van der Waals surface area contributed by atoms with Gasteiger partial charge in [-0.05, 0) is 30.3 Å². The summed E-state index contributed by atoms with van der Waals surface area (Å²) in [6.45, 7) is 0.236. The quantitative estimate of drug-likeness (QED) is 0.798. The summed E-state index contributed by atoms with van der Waals surface area (Å²) in [5, 5.41) is 3.19. The molecule has 2 aromatic carbocycles. The Morgan fingerprint density at radius 2 is 1.75 bits per heavy atom. The predicted molar refractivity (Wildman–Crippen MR) is 107 cm³/mol. The number of benzene rings is 2. The summed E-state index contributed by atoms with van der Waals surface area (Å²) in [6, 6.07) is 10.2.